The topological polar surface area (TPSA) is 73.6 Å². The number of nitrogens with one attached hydrogen (secondary N) is 1. The standard InChI is InChI=1S/C18H25FN2O3/c19-15-11-13(5-6-16(15)24-14-3-1-2-4-14)21-18(22)17(20)12-7-9-23-10-8-12/h5-6,11-12,14,17H,1-4,7-10,20H2,(H,21,22). The van der Waals surface area contributed by atoms with Gasteiger partial charge in [0.15, 0.2) is 11.6 Å². The predicted octanol–water partition coefficient (Wildman–Crippen LogP) is 2.84. The monoisotopic (exact) mass is 336 g/mol. The van der Waals surface area contributed by atoms with Gasteiger partial charge in [-0.25, -0.2) is 4.39 Å². The van der Waals surface area contributed by atoms with Gasteiger partial charge in [-0.3, -0.25) is 4.79 Å². The van der Waals surface area contributed by atoms with E-state index in [4.69, 9.17) is 15.2 Å². The summed E-state index contributed by atoms with van der Waals surface area (Å²) in [7, 11) is 0. The van der Waals surface area contributed by atoms with E-state index >= 15 is 0 Å². The zero-order valence-corrected chi connectivity index (χ0v) is 13.8. The van der Waals surface area contributed by atoms with Gasteiger partial charge in [-0.1, -0.05) is 0 Å². The zero-order chi connectivity index (χ0) is 16.9. The molecule has 2 aliphatic rings. The molecule has 2 fully saturated rings. The molecule has 6 heteroatoms. The van der Waals surface area contributed by atoms with Gasteiger partial charge in [-0.15, -0.1) is 0 Å². The van der Waals surface area contributed by atoms with Gasteiger partial charge in [-0.2, -0.15) is 0 Å². The maximum Gasteiger partial charge on any atom is 0.241 e. The van der Waals surface area contributed by atoms with Gasteiger partial charge < -0.3 is 20.5 Å². The quantitative estimate of drug-likeness (QED) is 0.867. The first-order valence-electron chi connectivity index (χ1n) is 8.74. The smallest absolute Gasteiger partial charge is 0.241 e. The maximum absolute atomic E-state index is 14.2. The number of anilines is 1. The number of hydrogen-bond acceptors (Lipinski definition) is 4. The Hall–Kier alpha value is -1.66. The van der Waals surface area contributed by atoms with Crippen LogP contribution in [0.3, 0.4) is 0 Å². The normalized spacial score (nSPS) is 20.8. The summed E-state index contributed by atoms with van der Waals surface area (Å²) in [5, 5.41) is 2.70. The third-order valence-corrected chi connectivity index (χ3v) is 4.87. The average Bonchev–Trinajstić information content (AvgIpc) is 3.10. The molecule has 0 spiro atoms. The van der Waals surface area contributed by atoms with Gasteiger partial charge in [-0.05, 0) is 56.6 Å². The fraction of sp³-hybridized carbons (Fsp3) is 0.611. The van der Waals surface area contributed by atoms with Crippen molar-refractivity contribution in [1.82, 2.24) is 0 Å². The van der Waals surface area contributed by atoms with E-state index in [0.717, 1.165) is 38.5 Å². The van der Waals surface area contributed by atoms with Crippen molar-refractivity contribution < 1.29 is 18.7 Å². The molecule has 24 heavy (non-hydrogen) atoms. The molecular formula is C18H25FN2O3. The van der Waals surface area contributed by atoms with Crippen LogP contribution in [-0.2, 0) is 9.53 Å². The van der Waals surface area contributed by atoms with Crippen molar-refractivity contribution in [1.29, 1.82) is 0 Å². The van der Waals surface area contributed by atoms with Crippen LogP contribution >= 0.6 is 0 Å². The highest BCUT2D eigenvalue weighted by atomic mass is 19.1. The molecule has 1 aliphatic heterocycles. The number of hydrogen-bond donors (Lipinski definition) is 2. The van der Waals surface area contributed by atoms with E-state index in [1.165, 1.54) is 6.07 Å². The molecule has 0 aromatic heterocycles. The van der Waals surface area contributed by atoms with Crippen molar-refractivity contribution in [3.8, 4) is 5.75 Å². The number of rotatable bonds is 5. The molecule has 3 rings (SSSR count). The Kier molecular flexibility index (Phi) is 5.68. The summed E-state index contributed by atoms with van der Waals surface area (Å²) in [6, 6.07) is 3.91. The molecule has 132 valence electrons. The van der Waals surface area contributed by atoms with E-state index in [2.05, 4.69) is 5.32 Å². The lowest BCUT2D eigenvalue weighted by molar-refractivity contribution is -0.119. The average molecular weight is 336 g/mol. The van der Waals surface area contributed by atoms with Crippen LogP contribution in [0.5, 0.6) is 5.75 Å². The zero-order valence-electron chi connectivity index (χ0n) is 13.8. The molecule has 1 amide bonds. The molecule has 1 saturated heterocycles. The van der Waals surface area contributed by atoms with E-state index < -0.39 is 11.9 Å². The summed E-state index contributed by atoms with van der Waals surface area (Å²) < 4.78 is 25.1. The number of carbonyl (C=O) groups excluding carboxylic acids is 1. The Labute approximate surface area is 141 Å². The van der Waals surface area contributed by atoms with E-state index in [-0.39, 0.29) is 23.7 Å². The van der Waals surface area contributed by atoms with E-state index in [1.807, 2.05) is 0 Å². The molecular weight excluding hydrogens is 311 g/mol. The molecule has 1 atom stereocenters. The molecule has 3 N–H and O–H groups in total. The van der Waals surface area contributed by atoms with Crippen LogP contribution in [0.25, 0.3) is 0 Å². The number of amides is 1. The maximum atomic E-state index is 14.2. The summed E-state index contributed by atoms with van der Waals surface area (Å²) >= 11 is 0. The fourth-order valence-corrected chi connectivity index (χ4v) is 3.37. The van der Waals surface area contributed by atoms with E-state index in [9.17, 15) is 9.18 Å². The van der Waals surface area contributed by atoms with Crippen LogP contribution in [0.4, 0.5) is 10.1 Å². The predicted molar refractivity (Wildman–Crippen MR) is 89.4 cm³/mol. The minimum atomic E-state index is -0.605. The van der Waals surface area contributed by atoms with Crippen molar-refractivity contribution in [2.24, 2.45) is 11.7 Å². The molecule has 0 bridgehead atoms. The summed E-state index contributed by atoms with van der Waals surface area (Å²) in [6.07, 6.45) is 5.85. The van der Waals surface area contributed by atoms with Crippen LogP contribution in [0, 0.1) is 11.7 Å². The first-order valence-corrected chi connectivity index (χ1v) is 8.74. The van der Waals surface area contributed by atoms with Crippen molar-refractivity contribution in [2.45, 2.75) is 50.7 Å². The minimum Gasteiger partial charge on any atom is -0.487 e. The number of ether oxygens (including phenoxy) is 2. The second-order valence-corrected chi connectivity index (χ2v) is 6.63. The van der Waals surface area contributed by atoms with Crippen molar-refractivity contribution in [2.75, 3.05) is 18.5 Å². The lowest BCUT2D eigenvalue weighted by Crippen LogP contribution is -2.44. The molecule has 5 nitrogen and oxygen atoms in total. The molecule has 1 saturated carbocycles. The molecule has 1 heterocycles. The van der Waals surface area contributed by atoms with Gasteiger partial charge in [0.05, 0.1) is 12.1 Å². The second-order valence-electron chi connectivity index (χ2n) is 6.63. The molecule has 1 aliphatic carbocycles. The number of nitrogens with two attached hydrogens (primary N) is 1. The Bertz CT molecular complexity index is 569. The first-order chi connectivity index (χ1) is 11.6. The highest BCUT2D eigenvalue weighted by molar-refractivity contribution is 5.94. The van der Waals surface area contributed by atoms with Gasteiger partial charge in [0.25, 0.3) is 0 Å². The number of halogens is 1. The molecule has 1 aromatic rings. The number of benzene rings is 1. The molecule has 1 unspecified atom stereocenters. The van der Waals surface area contributed by atoms with Crippen LogP contribution in [0.15, 0.2) is 18.2 Å². The highest BCUT2D eigenvalue weighted by Gasteiger charge is 2.27. The fourth-order valence-electron chi connectivity index (χ4n) is 3.37. The largest absolute Gasteiger partial charge is 0.487 e. The van der Waals surface area contributed by atoms with Gasteiger partial charge in [0.2, 0.25) is 5.91 Å². The summed E-state index contributed by atoms with van der Waals surface area (Å²) in [4.78, 5) is 12.3. The summed E-state index contributed by atoms with van der Waals surface area (Å²) in [5.74, 6) is -0.396. The van der Waals surface area contributed by atoms with E-state index in [0.29, 0.717) is 18.9 Å². The van der Waals surface area contributed by atoms with Gasteiger partial charge in [0.1, 0.15) is 0 Å². The summed E-state index contributed by atoms with van der Waals surface area (Å²) in [6.45, 7) is 1.26. The Morgan fingerprint density at radius 3 is 2.62 bits per heavy atom. The Balaban J connectivity index is 1.58. The van der Waals surface area contributed by atoms with Crippen molar-refractivity contribution in [3.05, 3.63) is 24.0 Å². The highest BCUT2D eigenvalue weighted by Crippen LogP contribution is 2.28. The van der Waals surface area contributed by atoms with Crippen LogP contribution in [0.2, 0.25) is 0 Å². The minimum absolute atomic E-state index is 0.0990. The lowest BCUT2D eigenvalue weighted by atomic mass is 9.92. The summed E-state index contributed by atoms with van der Waals surface area (Å²) in [5.41, 5.74) is 6.43. The van der Waals surface area contributed by atoms with Crippen LogP contribution in [-0.4, -0.2) is 31.3 Å². The Morgan fingerprint density at radius 2 is 1.96 bits per heavy atom. The van der Waals surface area contributed by atoms with Gasteiger partial charge >= 0.3 is 0 Å². The molecule has 1 aromatic carbocycles. The SMILES string of the molecule is NC(C(=O)Nc1ccc(OC2CCCC2)c(F)c1)C1CCOCC1. The third kappa shape index (κ3) is 4.24. The van der Waals surface area contributed by atoms with Crippen molar-refractivity contribution in [3.63, 3.8) is 0 Å². The van der Waals surface area contributed by atoms with Crippen LogP contribution in [0.1, 0.15) is 38.5 Å². The Morgan fingerprint density at radius 1 is 1.25 bits per heavy atom. The van der Waals surface area contributed by atoms with Crippen LogP contribution < -0.4 is 15.8 Å². The lowest BCUT2D eigenvalue weighted by Gasteiger charge is -2.26. The second kappa shape index (κ2) is 7.94. The van der Waals surface area contributed by atoms with Crippen molar-refractivity contribution >= 4 is 11.6 Å². The first kappa shape index (κ1) is 17.2. The molecule has 0 radical (unpaired) electrons. The third-order valence-electron chi connectivity index (χ3n) is 4.87. The number of carbonyl (C=O) groups is 1. The van der Waals surface area contributed by atoms with Gasteiger partial charge in [0, 0.05) is 25.0 Å². The van der Waals surface area contributed by atoms with E-state index in [1.54, 1.807) is 12.1 Å².